The Labute approximate surface area is 106 Å². The van der Waals surface area contributed by atoms with E-state index in [1.807, 2.05) is 42.5 Å². The zero-order valence-electron chi connectivity index (χ0n) is 9.97. The number of anilines is 1. The van der Waals surface area contributed by atoms with Gasteiger partial charge in [0.1, 0.15) is 0 Å². The van der Waals surface area contributed by atoms with Crippen LogP contribution in [0.1, 0.15) is 11.3 Å². The molecule has 0 atom stereocenters. The first-order chi connectivity index (χ1) is 8.74. The van der Waals surface area contributed by atoms with E-state index in [4.69, 9.17) is 5.73 Å². The number of benzene rings is 1. The lowest BCUT2D eigenvalue weighted by Crippen LogP contribution is -2.13. The molecule has 1 heterocycles. The van der Waals surface area contributed by atoms with Gasteiger partial charge in [-0.1, -0.05) is 18.2 Å². The van der Waals surface area contributed by atoms with Gasteiger partial charge in [0.15, 0.2) is 0 Å². The number of pyridine rings is 1. The fourth-order valence-electron chi connectivity index (χ4n) is 1.64. The van der Waals surface area contributed by atoms with Crippen molar-refractivity contribution < 1.29 is 4.79 Å². The Morgan fingerprint density at radius 2 is 1.94 bits per heavy atom. The normalized spacial score (nSPS) is 10.0. The van der Waals surface area contributed by atoms with Crippen LogP contribution < -0.4 is 11.1 Å². The van der Waals surface area contributed by atoms with Crippen LogP contribution in [0.4, 0.5) is 5.69 Å². The maximum Gasteiger partial charge on any atom is 0.221 e. The van der Waals surface area contributed by atoms with Gasteiger partial charge < -0.3 is 11.1 Å². The van der Waals surface area contributed by atoms with Crippen LogP contribution >= 0.6 is 0 Å². The van der Waals surface area contributed by atoms with Crippen molar-refractivity contribution in [3.63, 3.8) is 0 Å². The number of hydrogen-bond acceptors (Lipinski definition) is 3. The molecule has 0 unspecified atom stereocenters. The lowest BCUT2D eigenvalue weighted by atomic mass is 10.1. The molecule has 0 aliphatic heterocycles. The molecular formula is C14H15N3O. The molecular weight excluding hydrogens is 226 g/mol. The summed E-state index contributed by atoms with van der Waals surface area (Å²) in [6, 6.07) is 13.5. The molecule has 1 aromatic carbocycles. The summed E-state index contributed by atoms with van der Waals surface area (Å²) in [5.41, 5.74) is 8.04. The molecule has 1 aromatic heterocycles. The number of nitrogens with zero attached hydrogens (tertiary/aromatic N) is 1. The summed E-state index contributed by atoms with van der Waals surface area (Å²) < 4.78 is 0. The first-order valence-corrected chi connectivity index (χ1v) is 5.75. The minimum atomic E-state index is -0.316. The van der Waals surface area contributed by atoms with Gasteiger partial charge in [0.2, 0.25) is 5.91 Å². The average molecular weight is 241 g/mol. The highest BCUT2D eigenvalue weighted by Crippen LogP contribution is 2.11. The van der Waals surface area contributed by atoms with E-state index in [9.17, 15) is 4.79 Å². The predicted molar refractivity (Wildman–Crippen MR) is 70.9 cm³/mol. The van der Waals surface area contributed by atoms with E-state index in [2.05, 4.69) is 10.3 Å². The summed E-state index contributed by atoms with van der Waals surface area (Å²) in [4.78, 5) is 15.0. The first kappa shape index (κ1) is 12.1. The summed E-state index contributed by atoms with van der Waals surface area (Å²) in [7, 11) is 0. The molecule has 3 N–H and O–H groups in total. The van der Waals surface area contributed by atoms with Crippen molar-refractivity contribution in [1.29, 1.82) is 0 Å². The number of nitrogens with two attached hydrogens (primary N) is 1. The van der Waals surface area contributed by atoms with E-state index in [0.717, 1.165) is 16.9 Å². The summed E-state index contributed by atoms with van der Waals surface area (Å²) >= 11 is 0. The fraction of sp³-hybridized carbons (Fsp3) is 0.143. The lowest BCUT2D eigenvalue weighted by Gasteiger charge is -2.06. The van der Waals surface area contributed by atoms with E-state index in [-0.39, 0.29) is 12.3 Å². The molecule has 0 spiro atoms. The van der Waals surface area contributed by atoms with Crippen LogP contribution in [0, 0.1) is 0 Å². The Hall–Kier alpha value is -2.36. The molecule has 2 rings (SSSR count). The third kappa shape index (κ3) is 3.59. The largest absolute Gasteiger partial charge is 0.379 e. The van der Waals surface area contributed by atoms with Gasteiger partial charge in [-0.25, -0.2) is 0 Å². The number of carbonyl (C=O) groups is 1. The molecule has 18 heavy (non-hydrogen) atoms. The van der Waals surface area contributed by atoms with E-state index >= 15 is 0 Å². The summed E-state index contributed by atoms with van der Waals surface area (Å²) in [5.74, 6) is -0.316. The van der Waals surface area contributed by atoms with Crippen molar-refractivity contribution in [2.24, 2.45) is 5.73 Å². The van der Waals surface area contributed by atoms with E-state index in [0.29, 0.717) is 6.54 Å². The molecule has 2 aromatic rings. The van der Waals surface area contributed by atoms with Crippen molar-refractivity contribution in [1.82, 2.24) is 4.98 Å². The highest BCUT2D eigenvalue weighted by atomic mass is 16.1. The van der Waals surface area contributed by atoms with Crippen LogP contribution in [0.15, 0.2) is 48.7 Å². The number of aromatic nitrogens is 1. The summed E-state index contributed by atoms with van der Waals surface area (Å²) in [5, 5.41) is 3.26. The van der Waals surface area contributed by atoms with Crippen molar-refractivity contribution in [3.8, 4) is 0 Å². The highest BCUT2D eigenvalue weighted by molar-refractivity contribution is 5.76. The van der Waals surface area contributed by atoms with Gasteiger partial charge in [-0.15, -0.1) is 0 Å². The van der Waals surface area contributed by atoms with Crippen LogP contribution in [-0.4, -0.2) is 10.9 Å². The molecule has 0 saturated carbocycles. The number of primary amides is 1. The Morgan fingerprint density at radius 1 is 1.17 bits per heavy atom. The first-order valence-electron chi connectivity index (χ1n) is 5.75. The van der Waals surface area contributed by atoms with E-state index < -0.39 is 0 Å². The Bertz CT molecular complexity index is 508. The molecule has 0 saturated heterocycles. The highest BCUT2D eigenvalue weighted by Gasteiger charge is 1.99. The molecule has 0 fully saturated rings. The molecule has 4 nitrogen and oxygen atoms in total. The standard InChI is InChI=1S/C14H15N3O/c15-14(18)9-11-4-6-12(7-5-11)17-10-13-3-1-2-8-16-13/h1-8,17H,9-10H2,(H2,15,18). The average Bonchev–Trinajstić information content (AvgIpc) is 2.38. The Balaban J connectivity index is 1.92. The van der Waals surface area contributed by atoms with Crippen LogP contribution in [0.5, 0.6) is 0 Å². The number of hydrogen-bond donors (Lipinski definition) is 2. The molecule has 1 amide bonds. The summed E-state index contributed by atoms with van der Waals surface area (Å²) in [6.45, 7) is 0.677. The predicted octanol–water partition coefficient (Wildman–Crippen LogP) is 1.72. The molecule has 4 heteroatoms. The third-order valence-electron chi connectivity index (χ3n) is 2.53. The van der Waals surface area contributed by atoms with Crippen LogP contribution in [0.3, 0.4) is 0 Å². The molecule has 0 radical (unpaired) electrons. The van der Waals surface area contributed by atoms with E-state index in [1.165, 1.54) is 0 Å². The number of rotatable bonds is 5. The zero-order valence-corrected chi connectivity index (χ0v) is 9.97. The third-order valence-corrected chi connectivity index (χ3v) is 2.53. The van der Waals surface area contributed by atoms with Crippen molar-refractivity contribution in [3.05, 3.63) is 59.9 Å². The minimum absolute atomic E-state index is 0.278. The molecule has 0 aliphatic carbocycles. The van der Waals surface area contributed by atoms with Gasteiger partial charge >= 0.3 is 0 Å². The fourth-order valence-corrected chi connectivity index (χ4v) is 1.64. The maximum absolute atomic E-state index is 10.8. The SMILES string of the molecule is NC(=O)Cc1ccc(NCc2ccccn2)cc1. The zero-order chi connectivity index (χ0) is 12.8. The maximum atomic E-state index is 10.8. The Morgan fingerprint density at radius 3 is 2.56 bits per heavy atom. The smallest absolute Gasteiger partial charge is 0.221 e. The topological polar surface area (TPSA) is 68.0 Å². The van der Waals surface area contributed by atoms with Crippen LogP contribution in [0.2, 0.25) is 0 Å². The monoisotopic (exact) mass is 241 g/mol. The van der Waals surface area contributed by atoms with Crippen molar-refractivity contribution >= 4 is 11.6 Å². The van der Waals surface area contributed by atoms with Gasteiger partial charge in [0.05, 0.1) is 18.7 Å². The Kier molecular flexibility index (Phi) is 3.91. The minimum Gasteiger partial charge on any atom is -0.379 e. The second kappa shape index (κ2) is 5.82. The molecule has 92 valence electrons. The quantitative estimate of drug-likeness (QED) is 0.837. The molecule has 0 aliphatic rings. The summed E-state index contributed by atoms with van der Waals surface area (Å²) in [6.07, 6.45) is 2.05. The van der Waals surface area contributed by atoms with Crippen LogP contribution in [0.25, 0.3) is 0 Å². The van der Waals surface area contributed by atoms with Gasteiger partial charge in [-0.3, -0.25) is 9.78 Å². The molecule has 0 bridgehead atoms. The van der Waals surface area contributed by atoms with Crippen LogP contribution in [-0.2, 0) is 17.8 Å². The number of nitrogens with one attached hydrogen (secondary N) is 1. The second-order valence-corrected chi connectivity index (χ2v) is 4.01. The van der Waals surface area contributed by atoms with Crippen molar-refractivity contribution in [2.45, 2.75) is 13.0 Å². The van der Waals surface area contributed by atoms with Gasteiger partial charge in [-0.05, 0) is 29.8 Å². The number of carbonyl (C=O) groups excluding carboxylic acids is 1. The number of amides is 1. The lowest BCUT2D eigenvalue weighted by molar-refractivity contribution is -0.117. The van der Waals surface area contributed by atoms with E-state index in [1.54, 1.807) is 6.20 Å². The van der Waals surface area contributed by atoms with Gasteiger partial charge in [0, 0.05) is 11.9 Å². The van der Waals surface area contributed by atoms with Gasteiger partial charge in [-0.2, -0.15) is 0 Å². The van der Waals surface area contributed by atoms with Gasteiger partial charge in [0.25, 0.3) is 0 Å². The second-order valence-electron chi connectivity index (χ2n) is 4.01. The van der Waals surface area contributed by atoms with Crippen molar-refractivity contribution in [2.75, 3.05) is 5.32 Å².